The van der Waals surface area contributed by atoms with Gasteiger partial charge in [-0.1, -0.05) is 59.1 Å². The van der Waals surface area contributed by atoms with Crippen molar-refractivity contribution in [2.75, 3.05) is 10.6 Å². The standard InChI is InChI=1S/C22H18BrCl3N6S/c1-13-9-20(29-32(13)11-15-18(25)7-4-8-19(15)26)27-22(33)28-21-16(23)12-31(30-21)10-14-5-2-3-6-17(14)24/h2-9,12H,10-11H2,1H3,(H2,27,28,29,30,33). The summed E-state index contributed by atoms with van der Waals surface area (Å²) in [6.07, 6.45) is 1.86. The highest BCUT2D eigenvalue weighted by molar-refractivity contribution is 9.10. The molecule has 0 fully saturated rings. The van der Waals surface area contributed by atoms with Gasteiger partial charge in [0.15, 0.2) is 16.7 Å². The Morgan fingerprint density at radius 1 is 0.970 bits per heavy atom. The Morgan fingerprint density at radius 3 is 2.39 bits per heavy atom. The van der Waals surface area contributed by atoms with E-state index in [1.807, 2.05) is 66.3 Å². The van der Waals surface area contributed by atoms with Crippen molar-refractivity contribution in [3.8, 4) is 0 Å². The van der Waals surface area contributed by atoms with Gasteiger partial charge in [-0.05, 0) is 58.8 Å². The predicted molar refractivity (Wildman–Crippen MR) is 143 cm³/mol. The second-order valence-corrected chi connectivity index (χ2v) is 9.71. The van der Waals surface area contributed by atoms with Crippen molar-refractivity contribution in [3.05, 3.63) is 91.1 Å². The molecule has 170 valence electrons. The van der Waals surface area contributed by atoms with Gasteiger partial charge >= 0.3 is 0 Å². The molecule has 0 aliphatic heterocycles. The van der Waals surface area contributed by atoms with Gasteiger partial charge in [-0.3, -0.25) is 9.36 Å². The van der Waals surface area contributed by atoms with Crippen molar-refractivity contribution in [3.63, 3.8) is 0 Å². The average Bonchev–Trinajstić information content (AvgIpc) is 3.27. The number of nitrogens with one attached hydrogen (secondary N) is 2. The zero-order valence-corrected chi connectivity index (χ0v) is 22.0. The normalized spacial score (nSPS) is 10.9. The molecule has 2 heterocycles. The molecule has 0 spiro atoms. The molecule has 0 saturated carbocycles. The molecule has 0 saturated heterocycles. The molecule has 2 aromatic carbocycles. The van der Waals surface area contributed by atoms with E-state index in [1.54, 1.807) is 4.68 Å². The number of hydrogen-bond acceptors (Lipinski definition) is 3. The van der Waals surface area contributed by atoms with Gasteiger partial charge in [0.05, 0.1) is 17.6 Å². The van der Waals surface area contributed by atoms with E-state index in [0.29, 0.717) is 44.9 Å². The minimum Gasteiger partial charge on any atom is -0.316 e. The Bertz CT molecular complexity index is 1300. The molecule has 33 heavy (non-hydrogen) atoms. The first-order chi connectivity index (χ1) is 15.8. The van der Waals surface area contributed by atoms with E-state index in [1.165, 1.54) is 0 Å². The van der Waals surface area contributed by atoms with E-state index in [2.05, 4.69) is 36.8 Å². The number of halogens is 4. The Morgan fingerprint density at radius 2 is 1.67 bits per heavy atom. The van der Waals surface area contributed by atoms with Gasteiger partial charge in [0.25, 0.3) is 0 Å². The summed E-state index contributed by atoms with van der Waals surface area (Å²) in [7, 11) is 0. The summed E-state index contributed by atoms with van der Waals surface area (Å²) in [6.45, 7) is 2.94. The minimum atomic E-state index is 0.360. The molecule has 2 aromatic heterocycles. The van der Waals surface area contributed by atoms with Crippen LogP contribution in [0, 0.1) is 6.92 Å². The summed E-state index contributed by atoms with van der Waals surface area (Å²) < 4.78 is 4.36. The smallest absolute Gasteiger partial charge is 0.177 e. The third kappa shape index (κ3) is 5.88. The highest BCUT2D eigenvalue weighted by Crippen LogP contribution is 2.26. The van der Waals surface area contributed by atoms with Gasteiger partial charge in [0, 0.05) is 38.6 Å². The maximum absolute atomic E-state index is 6.30. The van der Waals surface area contributed by atoms with Crippen molar-refractivity contribution < 1.29 is 0 Å². The van der Waals surface area contributed by atoms with E-state index in [4.69, 9.17) is 47.0 Å². The molecule has 0 bridgehead atoms. The van der Waals surface area contributed by atoms with Crippen LogP contribution >= 0.6 is 63.0 Å². The number of rotatable bonds is 6. The summed E-state index contributed by atoms with van der Waals surface area (Å²) in [5.74, 6) is 1.18. The second kappa shape index (κ2) is 10.4. The number of benzene rings is 2. The number of aryl methyl sites for hydroxylation is 1. The lowest BCUT2D eigenvalue weighted by molar-refractivity contribution is 0.668. The fourth-order valence-corrected chi connectivity index (χ4v) is 4.51. The first kappa shape index (κ1) is 24.0. The molecule has 4 rings (SSSR count). The quantitative estimate of drug-likeness (QED) is 0.239. The lowest BCUT2D eigenvalue weighted by Crippen LogP contribution is -2.20. The maximum Gasteiger partial charge on any atom is 0.177 e. The summed E-state index contributed by atoms with van der Waals surface area (Å²) in [5.41, 5.74) is 2.72. The van der Waals surface area contributed by atoms with Crippen LogP contribution in [0.1, 0.15) is 16.8 Å². The summed E-state index contributed by atoms with van der Waals surface area (Å²) in [4.78, 5) is 0. The molecule has 2 N–H and O–H groups in total. The Balaban J connectivity index is 1.42. The lowest BCUT2D eigenvalue weighted by Gasteiger charge is -2.09. The molecule has 4 aromatic rings. The summed E-state index contributed by atoms with van der Waals surface area (Å²) in [5, 5.41) is 17.6. The van der Waals surface area contributed by atoms with Crippen molar-refractivity contribution in [1.82, 2.24) is 19.6 Å². The summed E-state index contributed by atoms with van der Waals surface area (Å²) >= 11 is 27.8. The molecule has 0 radical (unpaired) electrons. The summed E-state index contributed by atoms with van der Waals surface area (Å²) in [6, 6.07) is 15.0. The van der Waals surface area contributed by atoms with Crippen LogP contribution in [0.3, 0.4) is 0 Å². The van der Waals surface area contributed by atoms with Crippen molar-refractivity contribution >= 4 is 79.7 Å². The number of aromatic nitrogens is 4. The van der Waals surface area contributed by atoms with Crippen LogP contribution in [-0.4, -0.2) is 24.7 Å². The number of anilines is 2. The van der Waals surface area contributed by atoms with Crippen LogP contribution in [0.25, 0.3) is 0 Å². The van der Waals surface area contributed by atoms with Gasteiger partial charge in [0.1, 0.15) is 0 Å². The fraction of sp³-hybridized carbons (Fsp3) is 0.136. The van der Waals surface area contributed by atoms with Gasteiger partial charge in [-0.2, -0.15) is 10.2 Å². The van der Waals surface area contributed by atoms with E-state index < -0.39 is 0 Å². The molecule has 11 heteroatoms. The van der Waals surface area contributed by atoms with Crippen LogP contribution in [0.2, 0.25) is 15.1 Å². The molecule has 0 aliphatic carbocycles. The predicted octanol–water partition coefficient (Wildman–Crippen LogP) is 7.02. The van der Waals surface area contributed by atoms with Crippen LogP contribution in [-0.2, 0) is 13.1 Å². The first-order valence-electron chi connectivity index (χ1n) is 9.82. The third-order valence-corrected chi connectivity index (χ3v) is 6.69. The van der Waals surface area contributed by atoms with Gasteiger partial charge in [-0.25, -0.2) is 0 Å². The molecule has 0 unspecified atom stereocenters. The highest BCUT2D eigenvalue weighted by Gasteiger charge is 2.13. The molecule has 0 atom stereocenters. The number of hydrogen-bond donors (Lipinski definition) is 2. The lowest BCUT2D eigenvalue weighted by atomic mass is 10.2. The maximum atomic E-state index is 6.30. The Kier molecular flexibility index (Phi) is 7.61. The van der Waals surface area contributed by atoms with E-state index >= 15 is 0 Å². The van der Waals surface area contributed by atoms with E-state index in [-0.39, 0.29) is 0 Å². The Labute approximate surface area is 220 Å². The number of nitrogens with zero attached hydrogens (tertiary/aromatic N) is 4. The van der Waals surface area contributed by atoms with Gasteiger partial charge in [-0.15, -0.1) is 0 Å². The molecular formula is C22H18BrCl3N6S. The third-order valence-electron chi connectivity index (χ3n) is 4.83. The van der Waals surface area contributed by atoms with Gasteiger partial charge in [0.2, 0.25) is 0 Å². The van der Waals surface area contributed by atoms with Crippen LogP contribution in [0.15, 0.2) is 59.2 Å². The first-order valence-corrected chi connectivity index (χ1v) is 12.2. The Hall–Kier alpha value is -2.10. The highest BCUT2D eigenvalue weighted by atomic mass is 79.9. The van der Waals surface area contributed by atoms with Gasteiger partial charge < -0.3 is 10.6 Å². The largest absolute Gasteiger partial charge is 0.316 e. The van der Waals surface area contributed by atoms with Crippen molar-refractivity contribution in [2.24, 2.45) is 0 Å². The van der Waals surface area contributed by atoms with Crippen molar-refractivity contribution in [1.29, 1.82) is 0 Å². The zero-order valence-electron chi connectivity index (χ0n) is 17.3. The van der Waals surface area contributed by atoms with Crippen molar-refractivity contribution in [2.45, 2.75) is 20.0 Å². The topological polar surface area (TPSA) is 59.7 Å². The zero-order chi connectivity index (χ0) is 23.5. The second-order valence-electron chi connectivity index (χ2n) is 7.22. The van der Waals surface area contributed by atoms with Crippen LogP contribution in [0.5, 0.6) is 0 Å². The SMILES string of the molecule is Cc1cc(NC(=S)Nc2nn(Cc3ccccc3Cl)cc2Br)nn1Cc1c(Cl)cccc1Cl. The monoisotopic (exact) mass is 582 g/mol. The molecule has 6 nitrogen and oxygen atoms in total. The van der Waals surface area contributed by atoms with Crippen LogP contribution < -0.4 is 10.6 Å². The molecule has 0 aliphatic rings. The molecule has 0 amide bonds. The van der Waals surface area contributed by atoms with E-state index in [9.17, 15) is 0 Å². The number of thiocarbonyl (C=S) groups is 1. The average molecular weight is 585 g/mol. The fourth-order valence-electron chi connectivity index (χ4n) is 3.18. The molecular weight excluding hydrogens is 567 g/mol. The van der Waals surface area contributed by atoms with E-state index in [0.717, 1.165) is 21.3 Å². The minimum absolute atomic E-state index is 0.360. The van der Waals surface area contributed by atoms with Crippen LogP contribution in [0.4, 0.5) is 11.6 Å².